The zero-order valence-electron chi connectivity index (χ0n) is 65.2. The maximum Gasteiger partial charge on any atom is 0.330 e. The maximum absolute atomic E-state index is 11.5. The number of thiazole rings is 1. The summed E-state index contributed by atoms with van der Waals surface area (Å²) in [4.78, 5) is 79.1. The normalized spacial score (nSPS) is 10.3. The van der Waals surface area contributed by atoms with Crippen LogP contribution in [0.15, 0.2) is 112 Å². The Morgan fingerprint density at radius 2 is 0.971 bits per heavy atom. The van der Waals surface area contributed by atoms with Gasteiger partial charge >= 0.3 is 23.9 Å². The molecule has 4 N–H and O–H groups in total. The van der Waals surface area contributed by atoms with Crippen LogP contribution < -0.4 is 17.0 Å². The minimum Gasteiger partial charge on any atom is -1.00 e. The second-order valence-corrected chi connectivity index (χ2v) is 22.2. The van der Waals surface area contributed by atoms with Crippen molar-refractivity contribution in [3.8, 4) is 0 Å². The number of esters is 4. The van der Waals surface area contributed by atoms with Gasteiger partial charge in [0, 0.05) is 123 Å². The lowest BCUT2D eigenvalue weighted by molar-refractivity contribution is -0.689. The number of rotatable bonds is 49. The number of aldehydes is 1. The van der Waals surface area contributed by atoms with E-state index in [1.807, 2.05) is 39.8 Å². The number of hydrogen-bond donors (Lipinski definition) is 4. The van der Waals surface area contributed by atoms with Crippen molar-refractivity contribution in [2.75, 3.05) is 92.3 Å². The van der Waals surface area contributed by atoms with E-state index in [1.165, 1.54) is 35.8 Å². The topological polar surface area (TPSA) is 281 Å². The standard InChI is InChI=1S/C14H28O5.C14H26O4.C13H16NOS.C10H16O3.C10H16O2.C6H15N.C5H8O2.C5H8O.C2H6O.ClH/c1-4-17-13(16)9-11-14(18-5-2,19-6-3)10-7-8-12-15;1-5-9-11-14(17-7-3,18-8-4)12-10-13(15)16-6-2;1-11-13(7-8-15)16-10-14(11)9-12-5-3-2-4-6-12;1-3-5-6-9(11)7-8-10(12)13-4-2;1-3-5-7-9(11)10(12)8-6-4-2;1-4-7(5-2)6-3;1-3-5(6)7-4-2;1-2-3-4-5-6;1-2-3;/h15H,4-12H2,1-3H3;5H,1,6-12H2,2-4H3;2-6,10,15H,7-9H2,1H3;3H,1,4-8H2,2H3;3-4,9,11H,1-2,5-8H2;4-6H2,1-3H3;3H,1,4H2,2H3;2,5H,1,3-4H2;3H,2H2,1H3;1H/q;;+1;;;;;;;/p-1. The lowest BCUT2D eigenvalue weighted by Gasteiger charge is -2.33. The molecule has 21 nitrogen and oxygen atoms in total. The largest absolute Gasteiger partial charge is 1.00 e. The molecular weight excluding hydrogens is 1350 g/mol. The second-order valence-electron chi connectivity index (χ2n) is 21.3. The van der Waals surface area contributed by atoms with Gasteiger partial charge in [0.1, 0.15) is 18.2 Å². The molecule has 592 valence electrons. The van der Waals surface area contributed by atoms with Gasteiger partial charge in [-0.3, -0.25) is 24.0 Å². The molecule has 2 aromatic rings. The van der Waals surface area contributed by atoms with Crippen LogP contribution in [0.25, 0.3) is 0 Å². The van der Waals surface area contributed by atoms with Gasteiger partial charge < -0.3 is 80.4 Å². The number of aromatic nitrogens is 1. The smallest absolute Gasteiger partial charge is 0.330 e. The first kappa shape index (κ1) is 112. The molecule has 23 heteroatoms. The summed E-state index contributed by atoms with van der Waals surface area (Å²) in [6.07, 6.45) is 21.2. The number of allylic oxidation sites excluding steroid dienone is 5. The van der Waals surface area contributed by atoms with Crippen LogP contribution in [0.3, 0.4) is 0 Å². The van der Waals surface area contributed by atoms with E-state index < -0.39 is 17.7 Å². The highest BCUT2D eigenvalue weighted by molar-refractivity contribution is 7.09. The maximum atomic E-state index is 11.5. The Kier molecular flexibility index (Phi) is 94.2. The molecule has 0 aliphatic carbocycles. The van der Waals surface area contributed by atoms with Gasteiger partial charge in [-0.15, -0.1) is 32.9 Å². The highest BCUT2D eigenvalue weighted by Gasteiger charge is 2.33. The molecule has 1 heterocycles. The summed E-state index contributed by atoms with van der Waals surface area (Å²) >= 11 is 1.72. The minimum absolute atomic E-state index is 0. The number of halogens is 1. The number of nitrogens with zero attached hydrogens (tertiary/aromatic N) is 2. The van der Waals surface area contributed by atoms with Crippen molar-refractivity contribution < 1.29 is 109 Å². The fraction of sp³-hybridized carbons (Fsp3) is 0.646. The zero-order chi connectivity index (χ0) is 78.2. The first-order valence-electron chi connectivity index (χ1n) is 36.1. The summed E-state index contributed by atoms with van der Waals surface area (Å²) in [6, 6.07) is 10.4. The molecule has 0 saturated carbocycles. The number of hydrogen-bond acceptors (Lipinski definition) is 21. The molecule has 1 unspecified atom stereocenters. The SMILES string of the molecule is C=CC(=O)OCC.C=CCCC(=O)C(O)CCC=C.C=CCCC(=O)CCC(=O)OCC.C=CCCC(CCC(=O)OCC)(OCC)OCC.C=CCCC=O.CCN(CC)CC.CCO.CCOC(=O)CCC(CCCCO)(OCC)OCC.Cc1c(CCO)sc[n+]1Cc1ccccc1.[Cl-]. The summed E-state index contributed by atoms with van der Waals surface area (Å²) in [7, 11) is 0. The van der Waals surface area contributed by atoms with Crippen LogP contribution in [0, 0.1) is 6.92 Å². The van der Waals surface area contributed by atoms with E-state index in [2.05, 4.69) is 116 Å². The van der Waals surface area contributed by atoms with Crippen LogP contribution in [-0.4, -0.2) is 177 Å². The Labute approximate surface area is 626 Å². The minimum atomic E-state index is -0.817. The molecule has 1 aromatic carbocycles. The van der Waals surface area contributed by atoms with Gasteiger partial charge in [-0.05, 0) is 133 Å². The quantitative estimate of drug-likeness (QED) is 0.00700. The second kappa shape index (κ2) is 85.8. The monoisotopic (exact) mass is 1490 g/mol. The van der Waals surface area contributed by atoms with Crippen molar-refractivity contribution in [2.24, 2.45) is 0 Å². The number of ketones is 2. The molecule has 0 spiro atoms. The van der Waals surface area contributed by atoms with Gasteiger partial charge in [0.25, 0.3) is 0 Å². The molecule has 0 amide bonds. The van der Waals surface area contributed by atoms with Gasteiger partial charge in [-0.25, -0.2) is 4.79 Å². The number of ether oxygens (including phenoxy) is 8. The van der Waals surface area contributed by atoms with E-state index in [-0.39, 0.29) is 86.9 Å². The molecule has 2 rings (SSSR count). The number of aliphatic hydroxyl groups excluding tert-OH is 4. The van der Waals surface area contributed by atoms with Gasteiger partial charge in [-0.2, -0.15) is 4.57 Å². The molecule has 0 aliphatic heterocycles. The third-order valence-electron chi connectivity index (χ3n) is 13.5. The number of Topliss-reactive ketones (excluding diaryl/α,β-unsaturated/α-hetero) is 2. The van der Waals surface area contributed by atoms with Crippen molar-refractivity contribution in [3.63, 3.8) is 0 Å². The predicted octanol–water partition coefficient (Wildman–Crippen LogP) is 11.2. The van der Waals surface area contributed by atoms with Crippen molar-refractivity contribution in [2.45, 2.75) is 243 Å². The summed E-state index contributed by atoms with van der Waals surface area (Å²) in [6.45, 7) is 54.9. The van der Waals surface area contributed by atoms with Crippen LogP contribution in [0.2, 0.25) is 0 Å². The molecule has 1 atom stereocenters. The van der Waals surface area contributed by atoms with E-state index in [0.717, 1.165) is 44.6 Å². The van der Waals surface area contributed by atoms with E-state index in [9.17, 15) is 38.7 Å². The molecular formula is C79H139ClN2O19S. The van der Waals surface area contributed by atoms with Crippen LogP contribution in [0.1, 0.15) is 221 Å². The fourth-order valence-corrected chi connectivity index (χ4v) is 9.32. The summed E-state index contributed by atoms with van der Waals surface area (Å²) < 4.78 is 44.1. The summed E-state index contributed by atoms with van der Waals surface area (Å²) in [5, 5.41) is 34.6. The van der Waals surface area contributed by atoms with Crippen LogP contribution >= 0.6 is 11.3 Å². The van der Waals surface area contributed by atoms with Crippen LogP contribution in [0.4, 0.5) is 0 Å². The first-order valence-corrected chi connectivity index (χ1v) is 36.9. The average Bonchev–Trinajstić information content (AvgIpc) is 1.61. The first-order chi connectivity index (χ1) is 48.5. The lowest BCUT2D eigenvalue weighted by atomic mass is 10.0. The molecule has 102 heavy (non-hydrogen) atoms. The number of benzene rings is 1. The van der Waals surface area contributed by atoms with E-state index >= 15 is 0 Å². The average molecular weight is 1490 g/mol. The van der Waals surface area contributed by atoms with Crippen LogP contribution in [-0.2, 0) is 84.4 Å². The molecule has 1 aromatic heterocycles. The Morgan fingerprint density at radius 3 is 1.33 bits per heavy atom. The highest BCUT2D eigenvalue weighted by Crippen LogP contribution is 2.28. The van der Waals surface area contributed by atoms with Crippen molar-refractivity contribution in [1.82, 2.24) is 4.90 Å². The third-order valence-corrected chi connectivity index (χ3v) is 14.6. The predicted molar refractivity (Wildman–Crippen MR) is 408 cm³/mol. The summed E-state index contributed by atoms with van der Waals surface area (Å²) in [5.74, 6) is -2.52. The highest BCUT2D eigenvalue weighted by atomic mass is 35.5. The third kappa shape index (κ3) is 73.8. The van der Waals surface area contributed by atoms with Gasteiger partial charge in [0.05, 0.1) is 50.6 Å². The Morgan fingerprint density at radius 1 is 0.529 bits per heavy atom. The molecule has 0 bridgehead atoms. The van der Waals surface area contributed by atoms with Crippen molar-refractivity contribution in [3.05, 3.63) is 128 Å². The number of aliphatic hydroxyl groups is 4. The molecule has 0 radical (unpaired) electrons. The Bertz CT molecular complexity index is 2310. The van der Waals surface area contributed by atoms with Crippen LogP contribution in [0.5, 0.6) is 0 Å². The van der Waals surface area contributed by atoms with Crippen molar-refractivity contribution >= 4 is 53.1 Å². The summed E-state index contributed by atoms with van der Waals surface area (Å²) in [5.41, 5.74) is 4.71. The Balaban J connectivity index is -0.000000168. The number of unbranched alkanes of at least 4 members (excludes halogenated alkanes) is 2. The van der Waals surface area contributed by atoms with Crippen molar-refractivity contribution in [1.29, 1.82) is 0 Å². The zero-order valence-corrected chi connectivity index (χ0v) is 66.7. The molecule has 0 aliphatic rings. The number of carbonyl (C=O) groups excluding carboxylic acids is 7. The lowest BCUT2D eigenvalue weighted by Crippen LogP contribution is -3.00. The molecule has 0 fully saturated rings. The Hall–Kier alpha value is -5.89. The van der Waals surface area contributed by atoms with E-state index in [4.69, 9.17) is 43.7 Å². The number of carbonyl (C=O) groups is 7. The van der Waals surface area contributed by atoms with Gasteiger partial charge in [0.2, 0.25) is 5.51 Å². The fourth-order valence-electron chi connectivity index (χ4n) is 8.34. The van der Waals surface area contributed by atoms with E-state index in [0.29, 0.717) is 136 Å². The van der Waals surface area contributed by atoms with Gasteiger partial charge in [0.15, 0.2) is 29.6 Å². The van der Waals surface area contributed by atoms with E-state index in [1.54, 1.807) is 70.3 Å². The molecule has 0 saturated heterocycles. The van der Waals surface area contributed by atoms with Gasteiger partial charge in [-0.1, -0.05) is 99.4 Å².